The summed E-state index contributed by atoms with van der Waals surface area (Å²) in [4.78, 5) is 0. The lowest BCUT2D eigenvalue weighted by Crippen LogP contribution is -2.23. The van der Waals surface area contributed by atoms with Crippen LogP contribution in [0.3, 0.4) is 0 Å². The van der Waals surface area contributed by atoms with Gasteiger partial charge in [-0.3, -0.25) is 0 Å². The number of rotatable bonds is 9. The third-order valence-electron chi connectivity index (χ3n) is 2.32. The molecule has 3 nitrogen and oxygen atoms in total. The second-order valence-electron chi connectivity index (χ2n) is 3.68. The van der Waals surface area contributed by atoms with Crippen LogP contribution in [0, 0.1) is 0 Å². The zero-order valence-corrected chi connectivity index (χ0v) is 8.67. The molecule has 0 saturated heterocycles. The highest BCUT2D eigenvalue weighted by Gasteiger charge is 1.99. The van der Waals surface area contributed by atoms with Gasteiger partial charge < -0.3 is 17.2 Å². The van der Waals surface area contributed by atoms with E-state index in [1.54, 1.807) is 0 Å². The van der Waals surface area contributed by atoms with E-state index < -0.39 is 0 Å². The summed E-state index contributed by atoms with van der Waals surface area (Å²) in [6.07, 6.45) is 8.34. The Hall–Kier alpha value is -0.120. The summed E-state index contributed by atoms with van der Waals surface area (Å²) in [5.74, 6) is 0. The minimum Gasteiger partial charge on any atom is -0.330 e. The van der Waals surface area contributed by atoms with Crippen molar-refractivity contribution in [2.24, 2.45) is 17.2 Å². The third-order valence-corrected chi connectivity index (χ3v) is 2.32. The Morgan fingerprint density at radius 1 is 0.692 bits per heavy atom. The third kappa shape index (κ3) is 9.80. The van der Waals surface area contributed by atoms with Gasteiger partial charge in [0.05, 0.1) is 0 Å². The van der Waals surface area contributed by atoms with E-state index in [1.165, 1.54) is 25.7 Å². The second-order valence-corrected chi connectivity index (χ2v) is 3.68. The molecule has 6 N–H and O–H groups in total. The number of unbranched alkanes of at least 4 members (excludes halogenated alkanes) is 4. The zero-order valence-electron chi connectivity index (χ0n) is 8.67. The van der Waals surface area contributed by atoms with Crippen LogP contribution in [-0.4, -0.2) is 19.1 Å². The van der Waals surface area contributed by atoms with E-state index in [9.17, 15) is 0 Å². The summed E-state index contributed by atoms with van der Waals surface area (Å²) < 4.78 is 0. The molecule has 0 bridgehead atoms. The van der Waals surface area contributed by atoms with Crippen molar-refractivity contribution in [2.45, 2.75) is 51.0 Å². The predicted octanol–water partition coefficient (Wildman–Crippen LogP) is 0.962. The molecule has 0 aromatic heterocycles. The van der Waals surface area contributed by atoms with E-state index in [-0.39, 0.29) is 0 Å². The number of hydrogen-bond donors (Lipinski definition) is 3. The highest BCUT2D eigenvalue weighted by molar-refractivity contribution is 4.61. The maximum Gasteiger partial charge on any atom is 0.00508 e. The van der Waals surface area contributed by atoms with Gasteiger partial charge in [0.15, 0.2) is 0 Å². The molecule has 0 saturated carbocycles. The van der Waals surface area contributed by atoms with Gasteiger partial charge in [-0.2, -0.15) is 0 Å². The molecule has 0 rings (SSSR count). The Morgan fingerprint density at radius 2 is 1.31 bits per heavy atom. The van der Waals surface area contributed by atoms with Crippen LogP contribution in [0.25, 0.3) is 0 Å². The van der Waals surface area contributed by atoms with Crippen molar-refractivity contribution in [1.82, 2.24) is 0 Å². The van der Waals surface area contributed by atoms with Gasteiger partial charge in [-0.25, -0.2) is 0 Å². The van der Waals surface area contributed by atoms with Gasteiger partial charge in [0.25, 0.3) is 0 Å². The SMILES string of the molecule is NCCCCCCCC(N)CCN. The minimum atomic E-state index is 0.319. The van der Waals surface area contributed by atoms with Crippen LogP contribution in [0.5, 0.6) is 0 Å². The molecule has 1 atom stereocenters. The molecule has 0 amide bonds. The highest BCUT2D eigenvalue weighted by atomic mass is 14.6. The Morgan fingerprint density at radius 3 is 1.92 bits per heavy atom. The molecule has 13 heavy (non-hydrogen) atoms. The smallest absolute Gasteiger partial charge is 0.00508 e. The first-order valence-corrected chi connectivity index (χ1v) is 5.47. The predicted molar refractivity (Wildman–Crippen MR) is 58.4 cm³/mol. The van der Waals surface area contributed by atoms with Gasteiger partial charge in [-0.15, -0.1) is 0 Å². The Balaban J connectivity index is 2.97. The van der Waals surface area contributed by atoms with Crippen molar-refractivity contribution in [2.75, 3.05) is 13.1 Å². The largest absolute Gasteiger partial charge is 0.330 e. The lowest BCUT2D eigenvalue weighted by Gasteiger charge is -2.09. The second kappa shape index (κ2) is 9.96. The fraction of sp³-hybridized carbons (Fsp3) is 1.00. The summed E-state index contributed by atoms with van der Waals surface area (Å²) in [6, 6.07) is 0.319. The first-order valence-electron chi connectivity index (χ1n) is 5.47. The minimum absolute atomic E-state index is 0.319. The molecule has 0 spiro atoms. The molecule has 0 aliphatic rings. The van der Waals surface area contributed by atoms with Gasteiger partial charge in [0.2, 0.25) is 0 Å². The standard InChI is InChI=1S/C10H25N3/c11-8-5-3-1-2-4-6-10(13)7-9-12/h10H,1-9,11-13H2. The molecule has 0 radical (unpaired) electrons. The zero-order chi connectivity index (χ0) is 9.94. The normalized spacial score (nSPS) is 13.2. The Kier molecular flexibility index (Phi) is 9.87. The van der Waals surface area contributed by atoms with Crippen molar-refractivity contribution in [1.29, 1.82) is 0 Å². The van der Waals surface area contributed by atoms with Crippen molar-refractivity contribution < 1.29 is 0 Å². The highest BCUT2D eigenvalue weighted by Crippen LogP contribution is 2.07. The summed E-state index contributed by atoms with van der Waals surface area (Å²) in [5.41, 5.74) is 16.6. The maximum absolute atomic E-state index is 5.83. The van der Waals surface area contributed by atoms with Crippen LogP contribution >= 0.6 is 0 Å². The molecule has 0 aliphatic heterocycles. The molecule has 0 fully saturated rings. The van der Waals surface area contributed by atoms with Crippen molar-refractivity contribution >= 4 is 0 Å². The topological polar surface area (TPSA) is 78.1 Å². The van der Waals surface area contributed by atoms with Crippen LogP contribution in [-0.2, 0) is 0 Å². The molecule has 0 heterocycles. The van der Waals surface area contributed by atoms with Crippen molar-refractivity contribution in [3.05, 3.63) is 0 Å². The van der Waals surface area contributed by atoms with Crippen molar-refractivity contribution in [3.63, 3.8) is 0 Å². The van der Waals surface area contributed by atoms with E-state index in [2.05, 4.69) is 0 Å². The summed E-state index contributed by atoms with van der Waals surface area (Å²) in [6.45, 7) is 1.54. The van der Waals surface area contributed by atoms with Crippen LogP contribution in [0.15, 0.2) is 0 Å². The molecule has 0 aromatic rings. The molecular weight excluding hydrogens is 162 g/mol. The fourth-order valence-electron chi connectivity index (χ4n) is 1.44. The van der Waals surface area contributed by atoms with Crippen LogP contribution in [0.4, 0.5) is 0 Å². The lowest BCUT2D eigenvalue weighted by atomic mass is 10.0. The summed E-state index contributed by atoms with van der Waals surface area (Å²) in [5, 5.41) is 0. The van der Waals surface area contributed by atoms with E-state index in [0.717, 1.165) is 25.8 Å². The van der Waals surface area contributed by atoms with Gasteiger partial charge in [0.1, 0.15) is 0 Å². The van der Waals surface area contributed by atoms with Gasteiger partial charge in [-0.1, -0.05) is 25.7 Å². The van der Waals surface area contributed by atoms with Crippen LogP contribution < -0.4 is 17.2 Å². The molecule has 1 unspecified atom stereocenters. The van der Waals surface area contributed by atoms with Gasteiger partial charge in [0, 0.05) is 6.04 Å². The monoisotopic (exact) mass is 187 g/mol. The van der Waals surface area contributed by atoms with Crippen molar-refractivity contribution in [3.8, 4) is 0 Å². The first kappa shape index (κ1) is 12.9. The molecular formula is C10H25N3. The van der Waals surface area contributed by atoms with Crippen LogP contribution in [0.1, 0.15) is 44.9 Å². The summed E-state index contributed by atoms with van der Waals surface area (Å²) >= 11 is 0. The maximum atomic E-state index is 5.83. The fourth-order valence-corrected chi connectivity index (χ4v) is 1.44. The quantitative estimate of drug-likeness (QED) is 0.470. The van der Waals surface area contributed by atoms with E-state index in [0.29, 0.717) is 12.6 Å². The molecule has 3 heteroatoms. The Labute approximate surface area is 82.0 Å². The average molecular weight is 187 g/mol. The van der Waals surface area contributed by atoms with Gasteiger partial charge in [-0.05, 0) is 32.4 Å². The number of hydrogen-bond acceptors (Lipinski definition) is 3. The number of nitrogens with two attached hydrogens (primary N) is 3. The summed E-state index contributed by atoms with van der Waals surface area (Å²) in [7, 11) is 0. The molecule has 80 valence electrons. The Bertz CT molecular complexity index is 96.2. The molecule has 0 aromatic carbocycles. The van der Waals surface area contributed by atoms with E-state index >= 15 is 0 Å². The average Bonchev–Trinajstić information content (AvgIpc) is 2.11. The van der Waals surface area contributed by atoms with E-state index in [4.69, 9.17) is 17.2 Å². The van der Waals surface area contributed by atoms with E-state index in [1.807, 2.05) is 0 Å². The van der Waals surface area contributed by atoms with Crippen LogP contribution in [0.2, 0.25) is 0 Å². The molecule has 0 aliphatic carbocycles. The lowest BCUT2D eigenvalue weighted by molar-refractivity contribution is 0.518. The van der Waals surface area contributed by atoms with Gasteiger partial charge >= 0.3 is 0 Å². The first-order chi connectivity index (χ1) is 6.31.